The number of nitrogens with zero attached hydrogens (tertiary/aromatic N) is 1. The summed E-state index contributed by atoms with van der Waals surface area (Å²) in [4.78, 5) is 41.3. The first-order valence-corrected chi connectivity index (χ1v) is 12.2. The van der Waals surface area contributed by atoms with E-state index in [1.54, 1.807) is 6.07 Å². The Morgan fingerprint density at radius 3 is 2.42 bits per heavy atom. The molecule has 2 saturated carbocycles. The van der Waals surface area contributed by atoms with Crippen LogP contribution in [0.25, 0.3) is 5.76 Å². The molecule has 1 aromatic carbocycles. The molecular formula is C26H31N3O7. The lowest BCUT2D eigenvalue weighted by Gasteiger charge is -2.49. The third kappa shape index (κ3) is 3.27. The number of Topliss-reactive ketones (excluding diaryl/α,β-unsaturated/α-hetero) is 2. The predicted octanol–water partition coefficient (Wildman–Crippen LogP) is 1.00. The van der Waals surface area contributed by atoms with Crippen LogP contribution >= 0.6 is 0 Å². The van der Waals surface area contributed by atoms with Gasteiger partial charge in [-0.05, 0) is 49.3 Å². The van der Waals surface area contributed by atoms with Crippen LogP contribution in [0.2, 0.25) is 0 Å². The summed E-state index contributed by atoms with van der Waals surface area (Å²) in [6, 6.07) is 1.99. The normalized spacial score (nSPS) is 30.2. The number of amides is 1. The number of rotatable bonds is 4. The predicted molar refractivity (Wildman–Crippen MR) is 130 cm³/mol. The highest BCUT2D eigenvalue weighted by Gasteiger charge is 2.64. The molecule has 3 unspecified atom stereocenters. The van der Waals surface area contributed by atoms with Crippen molar-refractivity contribution in [1.82, 2.24) is 5.32 Å². The Bertz CT molecular complexity index is 1240. The average molecular weight is 498 g/mol. The summed E-state index contributed by atoms with van der Waals surface area (Å²) in [5.41, 5.74) is 3.32. The molecule has 0 aliphatic heterocycles. The first-order chi connectivity index (χ1) is 17.0. The SMILES string of the molecule is CN(C)c1ccc(O)c2c1CC1CC3C(NC4CCCC4)C(=O)C(C(N)=O)=C(O)[C@@]3(O)C(=O)C1=C2O. The van der Waals surface area contributed by atoms with Crippen molar-refractivity contribution in [3.63, 3.8) is 0 Å². The number of nitrogens with two attached hydrogens (primary N) is 1. The van der Waals surface area contributed by atoms with Gasteiger partial charge in [-0.1, -0.05) is 12.8 Å². The molecule has 36 heavy (non-hydrogen) atoms. The summed E-state index contributed by atoms with van der Waals surface area (Å²) in [6.45, 7) is 0. The lowest BCUT2D eigenvalue weighted by molar-refractivity contribution is -0.150. The second-order valence-corrected chi connectivity index (χ2v) is 10.5. The van der Waals surface area contributed by atoms with E-state index in [-0.39, 0.29) is 35.8 Å². The fraction of sp³-hybridized carbons (Fsp3) is 0.500. The molecule has 2 fully saturated rings. The van der Waals surface area contributed by atoms with Crippen LogP contribution in [-0.4, -0.2) is 69.7 Å². The van der Waals surface area contributed by atoms with E-state index < -0.39 is 58.0 Å². The molecule has 0 saturated heterocycles. The van der Waals surface area contributed by atoms with Crippen LogP contribution < -0.4 is 16.0 Å². The molecule has 5 rings (SSSR count). The first kappa shape index (κ1) is 24.3. The first-order valence-electron chi connectivity index (χ1n) is 12.2. The van der Waals surface area contributed by atoms with E-state index in [4.69, 9.17) is 5.73 Å². The van der Waals surface area contributed by atoms with Crippen molar-refractivity contribution >= 4 is 28.9 Å². The number of aliphatic hydroxyl groups excluding tert-OH is 2. The van der Waals surface area contributed by atoms with Gasteiger partial charge in [0, 0.05) is 37.3 Å². The minimum absolute atomic E-state index is 0.0395. The molecule has 0 aromatic heterocycles. The summed E-state index contributed by atoms with van der Waals surface area (Å²) in [5.74, 6) is -6.42. The summed E-state index contributed by atoms with van der Waals surface area (Å²) in [5, 5.41) is 47.7. The number of hydrogen-bond acceptors (Lipinski definition) is 9. The zero-order valence-electron chi connectivity index (χ0n) is 20.2. The van der Waals surface area contributed by atoms with Crippen LogP contribution in [0.4, 0.5) is 5.69 Å². The number of carbonyl (C=O) groups is 3. The molecule has 0 heterocycles. The van der Waals surface area contributed by atoms with Crippen LogP contribution in [0, 0.1) is 11.8 Å². The number of phenols is 1. The molecule has 0 spiro atoms. The van der Waals surface area contributed by atoms with Gasteiger partial charge in [-0.15, -0.1) is 0 Å². The maximum atomic E-state index is 13.9. The fourth-order valence-electron chi connectivity index (χ4n) is 6.62. The summed E-state index contributed by atoms with van der Waals surface area (Å²) in [6.07, 6.45) is 3.89. The van der Waals surface area contributed by atoms with E-state index in [2.05, 4.69) is 5.32 Å². The number of phenolic OH excluding ortho intramolecular Hbond substituents is 1. The monoisotopic (exact) mass is 497 g/mol. The van der Waals surface area contributed by atoms with Crippen molar-refractivity contribution in [3.05, 3.63) is 40.2 Å². The second-order valence-electron chi connectivity index (χ2n) is 10.5. The highest BCUT2D eigenvalue weighted by Crippen LogP contribution is 2.53. The summed E-state index contributed by atoms with van der Waals surface area (Å²) >= 11 is 0. The Labute approximate surface area is 208 Å². The molecule has 4 atom stereocenters. The van der Waals surface area contributed by atoms with Gasteiger partial charge in [0.15, 0.2) is 11.4 Å². The number of ketones is 2. The van der Waals surface area contributed by atoms with Gasteiger partial charge in [0.05, 0.1) is 11.6 Å². The number of primary amides is 1. The molecular weight excluding hydrogens is 466 g/mol. The molecule has 10 heteroatoms. The number of aliphatic hydroxyl groups is 3. The van der Waals surface area contributed by atoms with Crippen molar-refractivity contribution in [2.24, 2.45) is 17.6 Å². The topological polar surface area (TPSA) is 173 Å². The Morgan fingerprint density at radius 1 is 1.14 bits per heavy atom. The number of anilines is 1. The number of aromatic hydroxyl groups is 1. The van der Waals surface area contributed by atoms with Crippen LogP contribution in [0.15, 0.2) is 29.0 Å². The van der Waals surface area contributed by atoms with Crippen LogP contribution in [0.5, 0.6) is 5.75 Å². The van der Waals surface area contributed by atoms with Gasteiger partial charge in [0.2, 0.25) is 5.78 Å². The highest BCUT2D eigenvalue weighted by atomic mass is 16.3. The molecule has 10 nitrogen and oxygen atoms in total. The largest absolute Gasteiger partial charge is 0.508 e. The minimum atomic E-state index is -2.62. The Hall–Kier alpha value is -3.37. The standard InChI is InChI=1S/C26H31N3O7/c1-29(2)15-7-8-16(30)18-13(15)9-11-10-14-20(28-12-5-3-4-6-12)22(32)19(25(27)35)24(34)26(14,36)23(33)17(11)21(18)31/h7-8,11-12,14,20,28,30-31,34,36H,3-6,9-10H2,1-2H3,(H2,27,35)/t11?,14?,20?,26-/m0/s1. The smallest absolute Gasteiger partial charge is 0.255 e. The number of carbonyl (C=O) groups excluding carboxylic acids is 3. The molecule has 4 aliphatic rings. The zero-order chi connectivity index (χ0) is 26.1. The van der Waals surface area contributed by atoms with Gasteiger partial charge < -0.3 is 36.4 Å². The second kappa shape index (κ2) is 8.35. The van der Waals surface area contributed by atoms with E-state index in [1.165, 1.54) is 6.07 Å². The van der Waals surface area contributed by atoms with Gasteiger partial charge in [0.1, 0.15) is 22.8 Å². The molecule has 4 aliphatic carbocycles. The number of hydrogen-bond donors (Lipinski definition) is 6. The average Bonchev–Trinajstić information content (AvgIpc) is 3.32. The maximum Gasteiger partial charge on any atom is 0.255 e. The van der Waals surface area contributed by atoms with Crippen LogP contribution in [0.1, 0.15) is 43.2 Å². The van der Waals surface area contributed by atoms with Crippen molar-refractivity contribution in [3.8, 4) is 5.75 Å². The number of benzene rings is 1. The van der Waals surface area contributed by atoms with Gasteiger partial charge in [-0.2, -0.15) is 0 Å². The van der Waals surface area contributed by atoms with Crippen LogP contribution in [-0.2, 0) is 20.8 Å². The fourth-order valence-corrected chi connectivity index (χ4v) is 6.62. The molecule has 192 valence electrons. The van der Waals surface area contributed by atoms with Crippen molar-refractivity contribution < 1.29 is 34.8 Å². The summed E-state index contributed by atoms with van der Waals surface area (Å²) < 4.78 is 0. The molecule has 1 aromatic rings. The quantitative estimate of drug-likeness (QED) is 0.332. The van der Waals surface area contributed by atoms with Crippen molar-refractivity contribution in [1.29, 1.82) is 0 Å². The minimum Gasteiger partial charge on any atom is -0.508 e. The Kier molecular flexibility index (Phi) is 5.64. The van der Waals surface area contributed by atoms with Crippen molar-refractivity contribution in [2.75, 3.05) is 19.0 Å². The number of fused-ring (bicyclic) bond motifs is 3. The Morgan fingerprint density at radius 2 is 1.81 bits per heavy atom. The highest BCUT2D eigenvalue weighted by molar-refractivity contribution is 6.24. The number of nitrogens with one attached hydrogen (secondary N) is 1. The summed E-state index contributed by atoms with van der Waals surface area (Å²) in [7, 11) is 3.65. The van der Waals surface area contributed by atoms with E-state index in [0.717, 1.165) is 31.4 Å². The van der Waals surface area contributed by atoms with Gasteiger partial charge >= 0.3 is 0 Å². The van der Waals surface area contributed by atoms with Gasteiger partial charge in [0.25, 0.3) is 5.91 Å². The third-order valence-corrected chi connectivity index (χ3v) is 8.31. The van der Waals surface area contributed by atoms with E-state index >= 15 is 0 Å². The molecule has 0 radical (unpaired) electrons. The molecule has 1 amide bonds. The van der Waals surface area contributed by atoms with Gasteiger partial charge in [-0.3, -0.25) is 14.4 Å². The zero-order valence-corrected chi connectivity index (χ0v) is 20.2. The van der Waals surface area contributed by atoms with E-state index in [9.17, 15) is 34.8 Å². The lowest BCUT2D eigenvalue weighted by Crippen LogP contribution is -2.66. The third-order valence-electron chi connectivity index (χ3n) is 8.31. The maximum absolute atomic E-state index is 13.9. The van der Waals surface area contributed by atoms with E-state index in [1.807, 2.05) is 19.0 Å². The van der Waals surface area contributed by atoms with Crippen LogP contribution in [0.3, 0.4) is 0 Å². The lowest BCUT2D eigenvalue weighted by atomic mass is 9.57. The van der Waals surface area contributed by atoms with Gasteiger partial charge in [-0.25, -0.2) is 0 Å². The molecule has 0 bridgehead atoms. The molecule has 7 N–H and O–H groups in total. The van der Waals surface area contributed by atoms with Crippen molar-refractivity contribution in [2.45, 2.75) is 56.2 Å². The van der Waals surface area contributed by atoms with E-state index in [0.29, 0.717) is 5.56 Å². The Balaban J connectivity index is 1.69.